The molecule has 1 aliphatic heterocycles. The molecule has 2 aliphatic rings. The predicted octanol–water partition coefficient (Wildman–Crippen LogP) is 3.01. The third-order valence-corrected chi connectivity index (χ3v) is 5.32. The van der Waals surface area contributed by atoms with Crippen molar-refractivity contribution in [3.05, 3.63) is 21.0 Å². The molecule has 116 valence electrons. The molecule has 1 aliphatic carbocycles. The summed E-state index contributed by atoms with van der Waals surface area (Å²) in [5.74, 6) is 0.642. The third-order valence-electron chi connectivity index (χ3n) is 4.56. The fourth-order valence-corrected chi connectivity index (χ4v) is 3.39. The predicted molar refractivity (Wildman–Crippen MR) is 87.2 cm³/mol. The van der Waals surface area contributed by atoms with Gasteiger partial charge >= 0.3 is 0 Å². The van der Waals surface area contributed by atoms with E-state index >= 15 is 0 Å². The van der Waals surface area contributed by atoms with Crippen molar-refractivity contribution in [3.63, 3.8) is 0 Å². The molecule has 2 unspecified atom stereocenters. The molecule has 0 bridgehead atoms. The fraction of sp³-hybridized carbons (Fsp3) is 0.733. The number of nitrogens with one attached hydrogen (secondary N) is 1. The Hall–Kier alpha value is -0.880. The molecule has 1 saturated heterocycles. The van der Waals surface area contributed by atoms with E-state index in [1.807, 2.05) is 0 Å². The van der Waals surface area contributed by atoms with Gasteiger partial charge in [-0.1, -0.05) is 6.42 Å². The standard InChI is InChI=1S/C15H23BrN4O/c1-10-4-3-5-11(2)20(10)18-13-8-17-19(9-12-6-7-12)15(21)14(13)16/h8,10-12,18H,3-7,9H2,1-2H3. The van der Waals surface area contributed by atoms with Crippen LogP contribution in [0.25, 0.3) is 0 Å². The molecule has 0 radical (unpaired) electrons. The average Bonchev–Trinajstić information content (AvgIpc) is 3.26. The molecule has 5 nitrogen and oxygen atoms in total. The quantitative estimate of drug-likeness (QED) is 0.902. The summed E-state index contributed by atoms with van der Waals surface area (Å²) in [6.45, 7) is 5.19. The molecule has 1 saturated carbocycles. The van der Waals surface area contributed by atoms with Gasteiger partial charge in [-0.25, -0.2) is 9.69 Å². The zero-order valence-corrected chi connectivity index (χ0v) is 14.3. The summed E-state index contributed by atoms with van der Waals surface area (Å²) in [7, 11) is 0. The van der Waals surface area contributed by atoms with E-state index in [-0.39, 0.29) is 5.56 Å². The van der Waals surface area contributed by atoms with E-state index in [9.17, 15) is 4.79 Å². The van der Waals surface area contributed by atoms with Crippen LogP contribution in [0.15, 0.2) is 15.5 Å². The van der Waals surface area contributed by atoms with Gasteiger partial charge in [0.25, 0.3) is 5.56 Å². The number of piperidine rings is 1. The second-order valence-corrected chi connectivity index (χ2v) is 7.24. The summed E-state index contributed by atoms with van der Waals surface area (Å²) in [6.07, 6.45) is 7.83. The summed E-state index contributed by atoms with van der Waals surface area (Å²) >= 11 is 3.45. The lowest BCUT2D eigenvalue weighted by atomic mass is 10.00. The lowest BCUT2D eigenvalue weighted by Crippen LogP contribution is -2.47. The van der Waals surface area contributed by atoms with Gasteiger partial charge in [0.15, 0.2) is 0 Å². The minimum absolute atomic E-state index is 0.0378. The van der Waals surface area contributed by atoms with Crippen LogP contribution >= 0.6 is 15.9 Å². The molecule has 6 heteroatoms. The van der Waals surface area contributed by atoms with Gasteiger partial charge in [0.05, 0.1) is 11.9 Å². The summed E-state index contributed by atoms with van der Waals surface area (Å²) in [5, 5.41) is 6.57. The molecule has 1 aromatic rings. The van der Waals surface area contributed by atoms with E-state index < -0.39 is 0 Å². The second kappa shape index (κ2) is 6.08. The Labute approximate surface area is 133 Å². The van der Waals surface area contributed by atoms with Gasteiger partial charge in [-0.3, -0.25) is 4.79 Å². The maximum atomic E-state index is 12.4. The number of nitrogens with zero attached hydrogens (tertiary/aromatic N) is 3. The second-order valence-electron chi connectivity index (χ2n) is 6.45. The van der Waals surface area contributed by atoms with E-state index in [0.29, 0.717) is 22.5 Å². The van der Waals surface area contributed by atoms with Crippen molar-refractivity contribution in [1.29, 1.82) is 0 Å². The Morgan fingerprint density at radius 2 is 1.95 bits per heavy atom. The summed E-state index contributed by atoms with van der Waals surface area (Å²) in [5.41, 5.74) is 4.13. The summed E-state index contributed by atoms with van der Waals surface area (Å²) in [4.78, 5) is 12.4. The highest BCUT2D eigenvalue weighted by Gasteiger charge is 2.26. The molecule has 0 amide bonds. The molecule has 21 heavy (non-hydrogen) atoms. The van der Waals surface area contributed by atoms with Crippen LogP contribution < -0.4 is 11.0 Å². The van der Waals surface area contributed by atoms with Gasteiger partial charge in [0.1, 0.15) is 4.47 Å². The highest BCUT2D eigenvalue weighted by atomic mass is 79.9. The molecule has 0 aromatic carbocycles. The monoisotopic (exact) mass is 354 g/mol. The Kier molecular flexibility index (Phi) is 4.36. The van der Waals surface area contributed by atoms with E-state index in [0.717, 1.165) is 12.2 Å². The van der Waals surface area contributed by atoms with Gasteiger partial charge in [-0.15, -0.1) is 0 Å². The van der Waals surface area contributed by atoms with Crippen LogP contribution in [0.5, 0.6) is 0 Å². The van der Waals surface area contributed by atoms with Crippen molar-refractivity contribution in [2.75, 3.05) is 5.43 Å². The summed E-state index contributed by atoms with van der Waals surface area (Å²) < 4.78 is 2.17. The zero-order chi connectivity index (χ0) is 15.0. The topological polar surface area (TPSA) is 50.2 Å². The highest BCUT2D eigenvalue weighted by Crippen LogP contribution is 2.30. The van der Waals surface area contributed by atoms with Crippen LogP contribution in [-0.4, -0.2) is 26.9 Å². The molecule has 0 spiro atoms. The SMILES string of the molecule is CC1CCCC(C)N1Nc1cnn(CC2CC2)c(=O)c1Br. The van der Waals surface area contributed by atoms with Crippen molar-refractivity contribution >= 4 is 21.6 Å². The molecule has 1 aromatic heterocycles. The van der Waals surface area contributed by atoms with Crippen LogP contribution in [0.1, 0.15) is 46.0 Å². The number of hydrazine groups is 1. The van der Waals surface area contributed by atoms with Crippen molar-refractivity contribution in [1.82, 2.24) is 14.8 Å². The van der Waals surface area contributed by atoms with Crippen molar-refractivity contribution < 1.29 is 0 Å². The maximum Gasteiger partial charge on any atom is 0.283 e. The first kappa shape index (κ1) is 15.0. The highest BCUT2D eigenvalue weighted by molar-refractivity contribution is 9.10. The van der Waals surface area contributed by atoms with Crippen LogP contribution in [0.3, 0.4) is 0 Å². The van der Waals surface area contributed by atoms with Crippen molar-refractivity contribution in [3.8, 4) is 0 Å². The van der Waals surface area contributed by atoms with Crippen LogP contribution in [0.2, 0.25) is 0 Å². The molecule has 1 N–H and O–H groups in total. The van der Waals surface area contributed by atoms with Gasteiger partial charge in [-0.05, 0) is 61.4 Å². The van der Waals surface area contributed by atoms with E-state index in [1.165, 1.54) is 32.1 Å². The first-order chi connectivity index (χ1) is 10.1. The van der Waals surface area contributed by atoms with Gasteiger partial charge in [0, 0.05) is 18.6 Å². The third kappa shape index (κ3) is 3.31. The molecule has 2 fully saturated rings. The number of halogens is 1. The Morgan fingerprint density at radius 3 is 2.57 bits per heavy atom. The minimum Gasteiger partial charge on any atom is -0.316 e. The Balaban J connectivity index is 1.78. The lowest BCUT2D eigenvalue weighted by Gasteiger charge is -2.39. The van der Waals surface area contributed by atoms with E-state index in [1.54, 1.807) is 10.9 Å². The average molecular weight is 355 g/mol. The van der Waals surface area contributed by atoms with Crippen LogP contribution in [-0.2, 0) is 6.54 Å². The first-order valence-corrected chi connectivity index (χ1v) is 8.66. The number of anilines is 1. The van der Waals surface area contributed by atoms with Crippen LogP contribution in [0, 0.1) is 5.92 Å². The number of hydrogen-bond acceptors (Lipinski definition) is 4. The van der Waals surface area contributed by atoms with E-state index in [2.05, 4.69) is 45.3 Å². The number of hydrogen-bond donors (Lipinski definition) is 1. The zero-order valence-electron chi connectivity index (χ0n) is 12.7. The van der Waals surface area contributed by atoms with Gasteiger partial charge in [0.2, 0.25) is 0 Å². The Bertz CT molecular complexity index is 559. The minimum atomic E-state index is -0.0378. The molecule has 2 atom stereocenters. The smallest absolute Gasteiger partial charge is 0.283 e. The molecule has 3 rings (SSSR count). The normalized spacial score (nSPS) is 26.8. The number of rotatable bonds is 4. The number of aromatic nitrogens is 2. The van der Waals surface area contributed by atoms with Crippen molar-refractivity contribution in [2.45, 2.75) is 64.6 Å². The molecular formula is C15H23BrN4O. The first-order valence-electron chi connectivity index (χ1n) is 7.87. The molecule has 2 heterocycles. The van der Waals surface area contributed by atoms with Crippen LogP contribution in [0.4, 0.5) is 5.69 Å². The van der Waals surface area contributed by atoms with Gasteiger partial charge < -0.3 is 5.43 Å². The summed E-state index contributed by atoms with van der Waals surface area (Å²) in [6, 6.07) is 0.934. The van der Waals surface area contributed by atoms with E-state index in [4.69, 9.17) is 0 Å². The van der Waals surface area contributed by atoms with Gasteiger partial charge in [-0.2, -0.15) is 5.10 Å². The maximum absolute atomic E-state index is 12.4. The molecular weight excluding hydrogens is 332 g/mol. The fourth-order valence-electron chi connectivity index (χ4n) is 3.00. The largest absolute Gasteiger partial charge is 0.316 e. The lowest BCUT2D eigenvalue weighted by molar-refractivity contribution is 0.135. The van der Waals surface area contributed by atoms with Crippen molar-refractivity contribution in [2.24, 2.45) is 5.92 Å². The Morgan fingerprint density at radius 1 is 1.29 bits per heavy atom.